The van der Waals surface area contributed by atoms with E-state index in [1.165, 1.54) is 25.7 Å². The highest BCUT2D eigenvalue weighted by Gasteiger charge is 2.23. The van der Waals surface area contributed by atoms with Crippen molar-refractivity contribution in [3.05, 3.63) is 0 Å². The molecule has 60 valence electrons. The molecule has 0 saturated heterocycles. The standard InChI is InChI=1S/C8H17ClSi/c1-8(2,9)10-7-5-3-4-6-7/h7H,3-6,10H2,1-2H3. The Hall–Kier alpha value is 0.507. The van der Waals surface area contributed by atoms with Gasteiger partial charge in [-0.2, -0.15) is 0 Å². The summed E-state index contributed by atoms with van der Waals surface area (Å²) in [5.41, 5.74) is 1.06. The summed E-state index contributed by atoms with van der Waals surface area (Å²) >= 11 is 6.17. The minimum absolute atomic E-state index is 0.00849. The zero-order valence-electron chi connectivity index (χ0n) is 6.99. The van der Waals surface area contributed by atoms with Gasteiger partial charge in [-0.3, -0.25) is 0 Å². The average molecular weight is 177 g/mol. The summed E-state index contributed by atoms with van der Waals surface area (Å²) in [4.78, 5) is 0. The molecule has 0 aromatic heterocycles. The van der Waals surface area contributed by atoms with Crippen molar-refractivity contribution in [2.24, 2.45) is 0 Å². The average Bonchev–Trinajstić information content (AvgIpc) is 2.12. The van der Waals surface area contributed by atoms with E-state index in [1.807, 2.05) is 0 Å². The number of hydrogen-bond donors (Lipinski definition) is 0. The van der Waals surface area contributed by atoms with Gasteiger partial charge in [0, 0.05) is 14.0 Å². The van der Waals surface area contributed by atoms with Crippen LogP contribution in [0.2, 0.25) is 5.54 Å². The van der Waals surface area contributed by atoms with E-state index in [-0.39, 0.29) is 14.0 Å². The van der Waals surface area contributed by atoms with Gasteiger partial charge in [0.25, 0.3) is 0 Å². The van der Waals surface area contributed by atoms with Crippen molar-refractivity contribution < 1.29 is 0 Å². The molecule has 0 bridgehead atoms. The zero-order valence-corrected chi connectivity index (χ0v) is 9.16. The minimum Gasteiger partial charge on any atom is -0.124 e. The Morgan fingerprint density at radius 2 is 1.80 bits per heavy atom. The summed E-state index contributed by atoms with van der Waals surface area (Å²) in [7, 11) is -0.00849. The van der Waals surface area contributed by atoms with E-state index in [9.17, 15) is 0 Å². The van der Waals surface area contributed by atoms with Gasteiger partial charge in [0.05, 0.1) is 0 Å². The van der Waals surface area contributed by atoms with E-state index < -0.39 is 0 Å². The second kappa shape index (κ2) is 3.27. The third-order valence-electron chi connectivity index (χ3n) is 2.25. The lowest BCUT2D eigenvalue weighted by atomic mass is 10.4. The van der Waals surface area contributed by atoms with Gasteiger partial charge in [-0.1, -0.05) is 25.7 Å². The summed E-state index contributed by atoms with van der Waals surface area (Å²) in [5.74, 6) is 0. The molecule has 1 fully saturated rings. The van der Waals surface area contributed by atoms with Gasteiger partial charge in [0.15, 0.2) is 0 Å². The minimum atomic E-state index is -0.00849. The van der Waals surface area contributed by atoms with E-state index in [2.05, 4.69) is 13.8 Å². The molecule has 0 amide bonds. The van der Waals surface area contributed by atoms with Crippen LogP contribution < -0.4 is 0 Å². The molecule has 0 radical (unpaired) electrons. The third-order valence-corrected chi connectivity index (χ3v) is 5.08. The van der Waals surface area contributed by atoms with Crippen LogP contribution in [0.5, 0.6) is 0 Å². The van der Waals surface area contributed by atoms with Crippen molar-refractivity contribution in [3.63, 3.8) is 0 Å². The van der Waals surface area contributed by atoms with Crippen LogP contribution in [-0.4, -0.2) is 14.0 Å². The molecule has 1 aliphatic rings. The van der Waals surface area contributed by atoms with Crippen molar-refractivity contribution in [1.29, 1.82) is 0 Å². The van der Waals surface area contributed by atoms with Crippen LogP contribution >= 0.6 is 11.6 Å². The van der Waals surface area contributed by atoms with Crippen molar-refractivity contribution >= 4 is 21.1 Å². The van der Waals surface area contributed by atoms with Gasteiger partial charge in [0.2, 0.25) is 0 Å². The van der Waals surface area contributed by atoms with E-state index in [0.717, 1.165) is 5.54 Å². The maximum atomic E-state index is 6.17. The third kappa shape index (κ3) is 3.06. The fraction of sp³-hybridized carbons (Fsp3) is 1.00. The Kier molecular flexibility index (Phi) is 2.81. The normalized spacial score (nSPS) is 23.1. The first kappa shape index (κ1) is 8.60. The van der Waals surface area contributed by atoms with Crippen LogP contribution in [0.4, 0.5) is 0 Å². The molecule has 1 rings (SSSR count). The van der Waals surface area contributed by atoms with Crippen LogP contribution in [0.25, 0.3) is 0 Å². The molecule has 0 unspecified atom stereocenters. The first-order valence-electron chi connectivity index (χ1n) is 4.27. The van der Waals surface area contributed by atoms with Gasteiger partial charge in [-0.25, -0.2) is 0 Å². The molecule has 2 heteroatoms. The molecule has 1 saturated carbocycles. The van der Waals surface area contributed by atoms with Crippen LogP contribution in [0.3, 0.4) is 0 Å². The number of alkyl halides is 1. The molecule has 10 heavy (non-hydrogen) atoms. The number of halogens is 1. The monoisotopic (exact) mass is 176 g/mol. The summed E-state index contributed by atoms with van der Waals surface area (Å²) in [6.07, 6.45) is 5.88. The van der Waals surface area contributed by atoms with Crippen LogP contribution in [0.1, 0.15) is 39.5 Å². The quantitative estimate of drug-likeness (QED) is 0.448. The second-order valence-electron chi connectivity index (χ2n) is 4.07. The molecule has 1 aliphatic carbocycles. The van der Waals surface area contributed by atoms with Crippen LogP contribution in [0, 0.1) is 0 Å². The van der Waals surface area contributed by atoms with Crippen molar-refractivity contribution in [1.82, 2.24) is 0 Å². The predicted molar refractivity (Wildman–Crippen MR) is 50.7 cm³/mol. The molecule has 0 aromatic carbocycles. The van der Waals surface area contributed by atoms with Crippen molar-refractivity contribution in [2.75, 3.05) is 0 Å². The van der Waals surface area contributed by atoms with Gasteiger partial charge in [-0.15, -0.1) is 11.6 Å². The van der Waals surface area contributed by atoms with Gasteiger partial charge in [-0.05, 0) is 19.4 Å². The zero-order chi connectivity index (χ0) is 7.61. The Balaban J connectivity index is 2.24. The summed E-state index contributed by atoms with van der Waals surface area (Å²) in [6, 6.07) is 0. The molecule has 0 heterocycles. The highest BCUT2D eigenvalue weighted by Crippen LogP contribution is 2.32. The first-order chi connectivity index (χ1) is 4.58. The second-order valence-corrected chi connectivity index (χ2v) is 8.88. The lowest BCUT2D eigenvalue weighted by molar-refractivity contribution is 0.826. The predicted octanol–water partition coefficient (Wildman–Crippen LogP) is 2.49. The van der Waals surface area contributed by atoms with Crippen molar-refractivity contribution in [3.8, 4) is 0 Å². The Morgan fingerprint density at radius 1 is 1.30 bits per heavy atom. The molecule has 0 aliphatic heterocycles. The largest absolute Gasteiger partial charge is 0.124 e. The first-order valence-corrected chi connectivity index (χ1v) is 6.17. The van der Waals surface area contributed by atoms with E-state index in [4.69, 9.17) is 11.6 Å². The Labute approximate surface area is 71.2 Å². The van der Waals surface area contributed by atoms with Gasteiger partial charge >= 0.3 is 0 Å². The lowest BCUT2D eigenvalue weighted by Crippen LogP contribution is -2.23. The Bertz CT molecular complexity index is 100. The maximum absolute atomic E-state index is 6.17. The molecular formula is C8H17ClSi. The van der Waals surface area contributed by atoms with Crippen LogP contribution in [-0.2, 0) is 0 Å². The number of hydrogen-bond acceptors (Lipinski definition) is 0. The Morgan fingerprint density at radius 3 is 2.20 bits per heavy atom. The molecule has 0 atom stereocenters. The summed E-state index contributed by atoms with van der Waals surface area (Å²) in [6.45, 7) is 4.36. The molecule has 0 nitrogen and oxygen atoms in total. The molecule has 0 aromatic rings. The van der Waals surface area contributed by atoms with E-state index in [0.29, 0.717) is 0 Å². The molecular weight excluding hydrogens is 160 g/mol. The fourth-order valence-electron chi connectivity index (χ4n) is 1.90. The SMILES string of the molecule is CC(C)(Cl)[SiH2]C1CCCC1. The van der Waals surface area contributed by atoms with Gasteiger partial charge < -0.3 is 0 Å². The smallest absolute Gasteiger partial charge is 0.0481 e. The summed E-state index contributed by atoms with van der Waals surface area (Å²) < 4.78 is 0.176. The topological polar surface area (TPSA) is 0 Å². The molecule has 0 N–H and O–H groups in total. The highest BCUT2D eigenvalue weighted by molar-refractivity contribution is 6.57. The van der Waals surface area contributed by atoms with Crippen molar-refractivity contribution in [2.45, 2.75) is 49.6 Å². The number of rotatable bonds is 2. The van der Waals surface area contributed by atoms with Gasteiger partial charge in [0.1, 0.15) is 0 Å². The summed E-state index contributed by atoms with van der Waals surface area (Å²) in [5, 5.41) is 0. The highest BCUT2D eigenvalue weighted by atomic mass is 35.5. The van der Waals surface area contributed by atoms with E-state index in [1.54, 1.807) is 0 Å². The lowest BCUT2D eigenvalue weighted by Gasteiger charge is -2.18. The van der Waals surface area contributed by atoms with Crippen LogP contribution in [0.15, 0.2) is 0 Å². The van der Waals surface area contributed by atoms with E-state index >= 15 is 0 Å². The molecule has 0 spiro atoms. The fourth-order valence-corrected chi connectivity index (χ4v) is 4.91. The maximum Gasteiger partial charge on any atom is 0.0481 e.